The van der Waals surface area contributed by atoms with Crippen molar-refractivity contribution in [2.75, 3.05) is 26.4 Å². The van der Waals surface area contributed by atoms with Crippen molar-refractivity contribution in [3.8, 4) is 0 Å². The van der Waals surface area contributed by atoms with Gasteiger partial charge in [-0.1, -0.05) is 32.9 Å². The van der Waals surface area contributed by atoms with Crippen LogP contribution in [-0.2, 0) is 0 Å². The number of hydrogen-bond acceptors (Lipinski definition) is 2. The first kappa shape index (κ1) is 16.0. The van der Waals surface area contributed by atoms with Gasteiger partial charge in [0, 0.05) is 5.69 Å². The number of benzene rings is 1. The van der Waals surface area contributed by atoms with Gasteiger partial charge >= 0.3 is 0 Å². The first-order valence-electron chi connectivity index (χ1n) is 6.63. The lowest BCUT2D eigenvalue weighted by molar-refractivity contribution is 0.378. The summed E-state index contributed by atoms with van der Waals surface area (Å²) in [6.07, 6.45) is 2.38. The van der Waals surface area contributed by atoms with Gasteiger partial charge in [0.1, 0.15) is 0 Å². The molecule has 0 fully saturated rings. The molecule has 0 saturated carbocycles. The van der Waals surface area contributed by atoms with Crippen LogP contribution in [0, 0.1) is 0 Å². The Labute approximate surface area is 107 Å². The standard InChI is InChI=1S/C13H22N2.C2H6/c1-4-11(8-9-15(2)3)12-6-5-7-13(14)10-12;1-2/h5-7,10-11H,4,8-9,14H2,1-3H3;1-2H3/t11-;/m1./s1. The molecule has 1 aromatic rings. The third kappa shape index (κ3) is 6.32. The fourth-order valence-electron chi connectivity index (χ4n) is 1.83. The summed E-state index contributed by atoms with van der Waals surface area (Å²) in [5.41, 5.74) is 8.04. The van der Waals surface area contributed by atoms with Crippen LogP contribution in [0.1, 0.15) is 45.1 Å². The van der Waals surface area contributed by atoms with E-state index >= 15 is 0 Å². The molecule has 0 saturated heterocycles. The second kappa shape index (κ2) is 9.06. The third-order valence-electron chi connectivity index (χ3n) is 2.80. The van der Waals surface area contributed by atoms with E-state index in [1.807, 2.05) is 26.0 Å². The molecule has 17 heavy (non-hydrogen) atoms. The van der Waals surface area contributed by atoms with Crippen molar-refractivity contribution in [3.63, 3.8) is 0 Å². The highest BCUT2D eigenvalue weighted by Gasteiger charge is 2.09. The number of rotatable bonds is 5. The van der Waals surface area contributed by atoms with Crippen molar-refractivity contribution in [1.29, 1.82) is 0 Å². The Bertz CT molecular complexity index is 295. The molecule has 1 aromatic carbocycles. The van der Waals surface area contributed by atoms with Gasteiger partial charge in [0.2, 0.25) is 0 Å². The van der Waals surface area contributed by atoms with E-state index in [-0.39, 0.29) is 0 Å². The van der Waals surface area contributed by atoms with Crippen LogP contribution >= 0.6 is 0 Å². The minimum atomic E-state index is 0.635. The normalized spacial score (nSPS) is 11.9. The zero-order chi connectivity index (χ0) is 13.3. The molecule has 2 N–H and O–H groups in total. The van der Waals surface area contributed by atoms with Gasteiger partial charge < -0.3 is 10.6 Å². The molecule has 0 aromatic heterocycles. The predicted octanol–water partition coefficient (Wildman–Crippen LogP) is 3.74. The summed E-state index contributed by atoms with van der Waals surface area (Å²) in [5.74, 6) is 0.635. The molecule has 98 valence electrons. The van der Waals surface area contributed by atoms with Crippen LogP contribution < -0.4 is 5.73 Å². The molecule has 1 atom stereocenters. The van der Waals surface area contributed by atoms with E-state index in [0.717, 1.165) is 12.2 Å². The zero-order valence-electron chi connectivity index (χ0n) is 12.0. The van der Waals surface area contributed by atoms with Crippen LogP contribution in [0.2, 0.25) is 0 Å². The van der Waals surface area contributed by atoms with E-state index in [1.165, 1.54) is 18.4 Å². The molecule has 0 aliphatic rings. The molecule has 0 aliphatic carbocycles. The summed E-state index contributed by atoms with van der Waals surface area (Å²) in [7, 11) is 4.23. The smallest absolute Gasteiger partial charge is 0.0316 e. The van der Waals surface area contributed by atoms with Crippen molar-refractivity contribution in [1.82, 2.24) is 4.90 Å². The lowest BCUT2D eigenvalue weighted by atomic mass is 9.93. The third-order valence-corrected chi connectivity index (χ3v) is 2.80. The molecule has 1 rings (SSSR count). The van der Waals surface area contributed by atoms with Crippen LogP contribution in [0.15, 0.2) is 24.3 Å². The summed E-state index contributed by atoms with van der Waals surface area (Å²) in [4.78, 5) is 2.23. The highest BCUT2D eigenvalue weighted by atomic mass is 15.0. The summed E-state index contributed by atoms with van der Waals surface area (Å²) >= 11 is 0. The molecular formula is C15H28N2. The molecule has 0 aliphatic heterocycles. The zero-order valence-corrected chi connectivity index (χ0v) is 12.0. The van der Waals surface area contributed by atoms with Gasteiger partial charge in [0.05, 0.1) is 0 Å². The summed E-state index contributed by atoms with van der Waals surface area (Å²) in [5, 5.41) is 0. The topological polar surface area (TPSA) is 29.3 Å². The lowest BCUT2D eigenvalue weighted by Gasteiger charge is -2.18. The van der Waals surface area contributed by atoms with E-state index in [1.54, 1.807) is 0 Å². The SMILES string of the molecule is CC.CC[C@H](CCN(C)C)c1cccc(N)c1. The van der Waals surface area contributed by atoms with Crippen LogP contribution in [0.5, 0.6) is 0 Å². The Balaban J connectivity index is 0.00000121. The van der Waals surface area contributed by atoms with E-state index in [9.17, 15) is 0 Å². The number of anilines is 1. The fourth-order valence-corrected chi connectivity index (χ4v) is 1.83. The second-order valence-corrected chi connectivity index (χ2v) is 4.37. The first-order chi connectivity index (χ1) is 8.13. The molecule has 0 unspecified atom stereocenters. The molecule has 0 radical (unpaired) electrons. The highest BCUT2D eigenvalue weighted by Crippen LogP contribution is 2.24. The van der Waals surface area contributed by atoms with Gasteiger partial charge in [-0.3, -0.25) is 0 Å². The molecule has 0 amide bonds. The van der Waals surface area contributed by atoms with E-state index in [2.05, 4.69) is 38.1 Å². The van der Waals surface area contributed by atoms with Crippen molar-refractivity contribution >= 4 is 5.69 Å². The molecule has 2 nitrogen and oxygen atoms in total. The number of nitrogens with zero attached hydrogens (tertiary/aromatic N) is 1. The molecular weight excluding hydrogens is 208 g/mol. The van der Waals surface area contributed by atoms with Crippen molar-refractivity contribution in [3.05, 3.63) is 29.8 Å². The van der Waals surface area contributed by atoms with Gasteiger partial charge in [0.25, 0.3) is 0 Å². The molecule has 0 bridgehead atoms. The van der Waals surface area contributed by atoms with Gasteiger partial charge in [-0.2, -0.15) is 0 Å². The van der Waals surface area contributed by atoms with Crippen LogP contribution in [0.3, 0.4) is 0 Å². The van der Waals surface area contributed by atoms with Crippen molar-refractivity contribution in [2.24, 2.45) is 0 Å². The van der Waals surface area contributed by atoms with E-state index in [4.69, 9.17) is 5.73 Å². The maximum absolute atomic E-state index is 5.80. The largest absolute Gasteiger partial charge is 0.399 e. The Morgan fingerprint density at radius 1 is 1.24 bits per heavy atom. The Hall–Kier alpha value is -1.02. The number of nitrogens with two attached hydrogens (primary N) is 1. The summed E-state index contributed by atoms with van der Waals surface area (Å²) in [6.45, 7) is 7.37. The predicted molar refractivity (Wildman–Crippen MR) is 78.4 cm³/mol. The summed E-state index contributed by atoms with van der Waals surface area (Å²) in [6, 6.07) is 8.27. The average molecular weight is 236 g/mol. The van der Waals surface area contributed by atoms with Gasteiger partial charge in [-0.05, 0) is 57.1 Å². The molecule has 0 spiro atoms. The maximum atomic E-state index is 5.80. The Morgan fingerprint density at radius 2 is 1.88 bits per heavy atom. The average Bonchev–Trinajstić information content (AvgIpc) is 2.32. The minimum Gasteiger partial charge on any atom is -0.399 e. The highest BCUT2D eigenvalue weighted by molar-refractivity contribution is 5.41. The molecule has 0 heterocycles. The van der Waals surface area contributed by atoms with Crippen LogP contribution in [0.4, 0.5) is 5.69 Å². The number of nitrogen functional groups attached to an aromatic ring is 1. The quantitative estimate of drug-likeness (QED) is 0.789. The molecule has 2 heteroatoms. The van der Waals surface area contributed by atoms with E-state index < -0.39 is 0 Å². The Morgan fingerprint density at radius 3 is 2.35 bits per heavy atom. The van der Waals surface area contributed by atoms with Crippen molar-refractivity contribution in [2.45, 2.75) is 39.5 Å². The maximum Gasteiger partial charge on any atom is 0.0316 e. The van der Waals surface area contributed by atoms with Crippen LogP contribution in [0.25, 0.3) is 0 Å². The summed E-state index contributed by atoms with van der Waals surface area (Å²) < 4.78 is 0. The van der Waals surface area contributed by atoms with E-state index in [0.29, 0.717) is 5.92 Å². The van der Waals surface area contributed by atoms with Crippen molar-refractivity contribution < 1.29 is 0 Å². The Kier molecular flexibility index (Phi) is 8.51. The second-order valence-electron chi connectivity index (χ2n) is 4.37. The van der Waals surface area contributed by atoms with Gasteiger partial charge in [0.15, 0.2) is 0 Å². The monoisotopic (exact) mass is 236 g/mol. The fraction of sp³-hybridized carbons (Fsp3) is 0.600. The first-order valence-corrected chi connectivity index (χ1v) is 6.63. The van der Waals surface area contributed by atoms with Gasteiger partial charge in [-0.25, -0.2) is 0 Å². The minimum absolute atomic E-state index is 0.635. The van der Waals surface area contributed by atoms with Gasteiger partial charge in [-0.15, -0.1) is 0 Å². The lowest BCUT2D eigenvalue weighted by Crippen LogP contribution is -2.15. The number of hydrogen-bond donors (Lipinski definition) is 1. The van der Waals surface area contributed by atoms with Crippen LogP contribution in [-0.4, -0.2) is 25.5 Å².